The number of carbonyl (C=O) groups is 1. The monoisotopic (exact) mass is 199 g/mol. The highest BCUT2D eigenvalue weighted by molar-refractivity contribution is 7.99. The molecular formula is C8H13N3OS. The van der Waals surface area contributed by atoms with Crippen molar-refractivity contribution in [2.45, 2.75) is 13.3 Å². The summed E-state index contributed by atoms with van der Waals surface area (Å²) in [4.78, 5) is 11.1. The molecule has 4 nitrogen and oxygen atoms in total. The van der Waals surface area contributed by atoms with Gasteiger partial charge in [0.1, 0.15) is 0 Å². The molecule has 0 aromatic carbocycles. The Balaban J connectivity index is 2.49. The van der Waals surface area contributed by atoms with Gasteiger partial charge in [-0.2, -0.15) is 16.9 Å². The van der Waals surface area contributed by atoms with Gasteiger partial charge in [-0.1, -0.05) is 6.92 Å². The maximum absolute atomic E-state index is 11.1. The molecule has 5 heteroatoms. The van der Waals surface area contributed by atoms with Crippen LogP contribution in [0.5, 0.6) is 0 Å². The molecule has 0 aliphatic heterocycles. The van der Waals surface area contributed by atoms with E-state index in [2.05, 4.69) is 15.5 Å². The van der Waals surface area contributed by atoms with Crippen molar-refractivity contribution in [2.75, 3.05) is 17.3 Å². The van der Waals surface area contributed by atoms with Crippen molar-refractivity contribution in [1.82, 2.24) is 10.2 Å². The van der Waals surface area contributed by atoms with Gasteiger partial charge in [0.25, 0.3) is 0 Å². The Morgan fingerprint density at radius 2 is 2.54 bits per heavy atom. The lowest BCUT2D eigenvalue weighted by Gasteiger charge is -1.97. The molecule has 0 fully saturated rings. The van der Waals surface area contributed by atoms with Gasteiger partial charge < -0.3 is 5.32 Å². The molecule has 1 aromatic rings. The summed E-state index contributed by atoms with van der Waals surface area (Å²) in [6, 6.07) is 1.85. The van der Waals surface area contributed by atoms with Crippen molar-refractivity contribution in [3.63, 3.8) is 0 Å². The minimum atomic E-state index is -0.0124. The first-order valence-corrected chi connectivity index (χ1v) is 5.48. The number of aromatic nitrogens is 2. The fourth-order valence-corrected chi connectivity index (χ4v) is 1.25. The zero-order valence-corrected chi connectivity index (χ0v) is 8.57. The summed E-state index contributed by atoms with van der Waals surface area (Å²) in [7, 11) is 0. The maximum Gasteiger partial charge on any atom is 0.235 e. The third-order valence-corrected chi connectivity index (χ3v) is 2.11. The largest absolute Gasteiger partial charge is 0.308 e. The van der Waals surface area contributed by atoms with Crippen LogP contribution in [-0.4, -0.2) is 28.1 Å². The summed E-state index contributed by atoms with van der Waals surface area (Å²) in [6.45, 7) is 2.03. The molecule has 0 spiro atoms. The standard InChI is InChI=1S/C8H13N3OS/c1-3-6-4-7(11-10-6)9-8(12)5-13-2/h4H,3,5H2,1-2H3,(H2,9,10,11,12). The Morgan fingerprint density at radius 1 is 1.77 bits per heavy atom. The number of nitrogens with zero attached hydrogens (tertiary/aromatic N) is 1. The van der Waals surface area contributed by atoms with Crippen LogP contribution in [0.25, 0.3) is 0 Å². The van der Waals surface area contributed by atoms with Gasteiger partial charge in [-0.25, -0.2) is 0 Å². The fraction of sp³-hybridized carbons (Fsp3) is 0.500. The van der Waals surface area contributed by atoms with Crippen molar-refractivity contribution in [3.8, 4) is 0 Å². The second-order valence-corrected chi connectivity index (χ2v) is 3.48. The molecule has 0 unspecified atom stereocenters. The van der Waals surface area contributed by atoms with Crippen LogP contribution in [0, 0.1) is 0 Å². The van der Waals surface area contributed by atoms with Gasteiger partial charge in [0.2, 0.25) is 5.91 Å². The normalized spacial score (nSPS) is 10.0. The third-order valence-electron chi connectivity index (χ3n) is 1.55. The SMILES string of the molecule is CCc1cc(NC(=O)CSC)n[nH]1. The lowest BCUT2D eigenvalue weighted by molar-refractivity contribution is -0.113. The van der Waals surface area contributed by atoms with Crippen LogP contribution in [0.2, 0.25) is 0 Å². The third kappa shape index (κ3) is 3.10. The average molecular weight is 199 g/mol. The lowest BCUT2D eigenvalue weighted by Crippen LogP contribution is -2.13. The van der Waals surface area contributed by atoms with Crippen LogP contribution in [0.15, 0.2) is 6.07 Å². The summed E-state index contributed by atoms with van der Waals surface area (Å²) in [5.74, 6) is 1.06. The molecule has 72 valence electrons. The molecule has 0 saturated carbocycles. The number of thioether (sulfide) groups is 1. The number of rotatable bonds is 4. The summed E-state index contributed by atoms with van der Waals surface area (Å²) < 4.78 is 0. The number of nitrogens with one attached hydrogen (secondary N) is 2. The average Bonchev–Trinajstić information content (AvgIpc) is 2.52. The Hall–Kier alpha value is -0.970. The molecule has 2 N–H and O–H groups in total. The second kappa shape index (κ2) is 4.91. The predicted molar refractivity (Wildman–Crippen MR) is 55.0 cm³/mol. The maximum atomic E-state index is 11.1. The highest BCUT2D eigenvalue weighted by Crippen LogP contribution is 2.06. The van der Waals surface area contributed by atoms with Gasteiger partial charge in [0.15, 0.2) is 5.82 Å². The minimum Gasteiger partial charge on any atom is -0.308 e. The zero-order valence-electron chi connectivity index (χ0n) is 7.76. The molecule has 0 aliphatic carbocycles. The van der Waals surface area contributed by atoms with E-state index in [1.54, 1.807) is 0 Å². The Morgan fingerprint density at radius 3 is 3.08 bits per heavy atom. The summed E-state index contributed by atoms with van der Waals surface area (Å²) in [5.41, 5.74) is 1.03. The van der Waals surface area contributed by atoms with E-state index in [1.165, 1.54) is 11.8 Å². The molecule has 1 amide bonds. The van der Waals surface area contributed by atoms with E-state index >= 15 is 0 Å². The number of anilines is 1. The number of hydrogen-bond donors (Lipinski definition) is 2. The zero-order chi connectivity index (χ0) is 9.68. The Bertz CT molecular complexity index is 285. The minimum absolute atomic E-state index is 0.0124. The van der Waals surface area contributed by atoms with Gasteiger partial charge in [0.05, 0.1) is 5.75 Å². The lowest BCUT2D eigenvalue weighted by atomic mass is 10.3. The summed E-state index contributed by atoms with van der Waals surface area (Å²) in [6.07, 6.45) is 2.78. The van der Waals surface area contributed by atoms with Gasteiger partial charge in [0, 0.05) is 11.8 Å². The van der Waals surface area contributed by atoms with Crippen LogP contribution in [0.4, 0.5) is 5.82 Å². The number of aromatic amines is 1. The number of amides is 1. The van der Waals surface area contributed by atoms with E-state index in [0.29, 0.717) is 11.6 Å². The molecule has 0 atom stereocenters. The molecule has 1 rings (SSSR count). The van der Waals surface area contributed by atoms with Crippen molar-refractivity contribution in [2.24, 2.45) is 0 Å². The van der Waals surface area contributed by atoms with E-state index in [1.807, 2.05) is 19.2 Å². The van der Waals surface area contributed by atoms with Gasteiger partial charge in [-0.05, 0) is 12.7 Å². The number of H-pyrrole nitrogens is 1. The van der Waals surface area contributed by atoms with E-state index in [-0.39, 0.29) is 5.91 Å². The Kier molecular flexibility index (Phi) is 3.82. The van der Waals surface area contributed by atoms with Crippen molar-refractivity contribution in [1.29, 1.82) is 0 Å². The van der Waals surface area contributed by atoms with Crippen molar-refractivity contribution >= 4 is 23.5 Å². The van der Waals surface area contributed by atoms with E-state index in [4.69, 9.17) is 0 Å². The first kappa shape index (κ1) is 10.1. The van der Waals surface area contributed by atoms with Crippen LogP contribution in [0.1, 0.15) is 12.6 Å². The molecular weight excluding hydrogens is 186 g/mol. The molecule has 0 aliphatic rings. The highest BCUT2D eigenvalue weighted by atomic mass is 32.2. The van der Waals surface area contributed by atoms with Crippen LogP contribution < -0.4 is 5.32 Å². The summed E-state index contributed by atoms with van der Waals surface area (Å²) >= 11 is 1.49. The smallest absolute Gasteiger partial charge is 0.235 e. The number of carbonyl (C=O) groups excluding carboxylic acids is 1. The summed E-state index contributed by atoms with van der Waals surface area (Å²) in [5, 5.41) is 9.47. The van der Waals surface area contributed by atoms with Crippen molar-refractivity contribution < 1.29 is 4.79 Å². The molecule has 1 heterocycles. The number of aryl methyl sites for hydroxylation is 1. The molecule has 0 radical (unpaired) electrons. The van der Waals surface area contributed by atoms with Gasteiger partial charge in [-0.3, -0.25) is 9.89 Å². The molecule has 1 aromatic heterocycles. The van der Waals surface area contributed by atoms with Crippen LogP contribution in [-0.2, 0) is 11.2 Å². The molecule has 13 heavy (non-hydrogen) atoms. The first-order chi connectivity index (χ1) is 6.26. The predicted octanol–water partition coefficient (Wildman–Crippen LogP) is 1.27. The quantitative estimate of drug-likeness (QED) is 0.768. The van der Waals surface area contributed by atoms with E-state index < -0.39 is 0 Å². The van der Waals surface area contributed by atoms with Crippen LogP contribution in [0.3, 0.4) is 0 Å². The fourth-order valence-electron chi connectivity index (χ4n) is 0.917. The van der Waals surface area contributed by atoms with Crippen LogP contribution >= 0.6 is 11.8 Å². The first-order valence-electron chi connectivity index (χ1n) is 4.09. The van der Waals surface area contributed by atoms with Gasteiger partial charge >= 0.3 is 0 Å². The number of hydrogen-bond acceptors (Lipinski definition) is 3. The van der Waals surface area contributed by atoms with E-state index in [9.17, 15) is 4.79 Å². The molecule has 0 saturated heterocycles. The van der Waals surface area contributed by atoms with Gasteiger partial charge in [-0.15, -0.1) is 0 Å². The van der Waals surface area contributed by atoms with E-state index in [0.717, 1.165) is 12.1 Å². The topological polar surface area (TPSA) is 57.8 Å². The Labute approximate surface area is 81.5 Å². The van der Waals surface area contributed by atoms with Crippen molar-refractivity contribution in [3.05, 3.63) is 11.8 Å². The highest BCUT2D eigenvalue weighted by Gasteiger charge is 2.03. The molecule has 0 bridgehead atoms. The second-order valence-electron chi connectivity index (χ2n) is 2.61.